The highest BCUT2D eigenvalue weighted by molar-refractivity contribution is 7.71. The lowest BCUT2D eigenvalue weighted by Crippen LogP contribution is -2.22. The van der Waals surface area contributed by atoms with Gasteiger partial charge in [-0.15, -0.1) is 0 Å². The molecule has 0 aliphatic heterocycles. The van der Waals surface area contributed by atoms with Gasteiger partial charge in [-0.2, -0.15) is 14.9 Å². The molecule has 0 bridgehead atoms. The second-order valence-corrected chi connectivity index (χ2v) is 6.98. The minimum Gasteiger partial charge on any atom is -0.493 e. The first-order valence-electron chi connectivity index (χ1n) is 9.27. The number of rotatable bonds is 7. The van der Waals surface area contributed by atoms with Gasteiger partial charge >= 0.3 is 0 Å². The van der Waals surface area contributed by atoms with Crippen molar-refractivity contribution < 1.29 is 14.3 Å². The average Bonchev–Trinajstić information content (AvgIpc) is 2.77. The first-order chi connectivity index (χ1) is 14.9. The van der Waals surface area contributed by atoms with E-state index in [1.54, 1.807) is 25.1 Å². The minimum atomic E-state index is -0.411. The number of benzene rings is 2. The molecule has 0 radical (unpaired) electrons. The number of carbonyl (C=O) groups is 1. The molecule has 1 heterocycles. The van der Waals surface area contributed by atoms with Gasteiger partial charge in [0.2, 0.25) is 4.77 Å². The highest BCUT2D eigenvalue weighted by atomic mass is 32.1. The number of aromatic amines is 1. The summed E-state index contributed by atoms with van der Waals surface area (Å²) in [6.45, 7) is 3.35. The summed E-state index contributed by atoms with van der Waals surface area (Å²) in [5, 5.41) is 13.2. The summed E-state index contributed by atoms with van der Waals surface area (Å²) in [7, 11) is 1.49. The summed E-state index contributed by atoms with van der Waals surface area (Å²) in [5.41, 5.74) is 2.28. The van der Waals surface area contributed by atoms with Crippen LogP contribution in [0.5, 0.6) is 11.5 Å². The molecular formula is C21H21N5O4S. The molecule has 10 heteroatoms. The van der Waals surface area contributed by atoms with Gasteiger partial charge in [-0.25, -0.2) is 0 Å². The summed E-state index contributed by atoms with van der Waals surface area (Å²) in [6, 6.07) is 12.5. The number of ether oxygens (including phenoxy) is 2. The zero-order valence-electron chi connectivity index (χ0n) is 17.2. The number of amides is 1. The van der Waals surface area contributed by atoms with Crippen LogP contribution in [0.3, 0.4) is 0 Å². The number of methoxy groups -OCH3 is 1. The Kier molecular flexibility index (Phi) is 6.93. The zero-order chi connectivity index (χ0) is 22.4. The van der Waals surface area contributed by atoms with Crippen molar-refractivity contribution in [3.63, 3.8) is 0 Å². The van der Waals surface area contributed by atoms with Crippen LogP contribution in [0.2, 0.25) is 0 Å². The van der Waals surface area contributed by atoms with Gasteiger partial charge in [0.1, 0.15) is 5.69 Å². The predicted octanol–water partition coefficient (Wildman–Crippen LogP) is 2.83. The van der Waals surface area contributed by atoms with E-state index in [1.165, 1.54) is 13.3 Å². The van der Waals surface area contributed by atoms with Crippen molar-refractivity contribution in [1.29, 1.82) is 0 Å². The van der Waals surface area contributed by atoms with E-state index in [2.05, 4.69) is 20.6 Å². The molecule has 2 aromatic carbocycles. The molecule has 0 saturated carbocycles. The summed E-state index contributed by atoms with van der Waals surface area (Å²) < 4.78 is 12.1. The second-order valence-electron chi connectivity index (χ2n) is 6.59. The number of H-pyrrole nitrogens is 1. The van der Waals surface area contributed by atoms with Crippen molar-refractivity contribution in [3.8, 4) is 11.5 Å². The summed E-state index contributed by atoms with van der Waals surface area (Å²) in [4.78, 5) is 24.2. The molecule has 1 aromatic heterocycles. The van der Waals surface area contributed by atoms with Crippen LogP contribution >= 0.6 is 12.2 Å². The van der Waals surface area contributed by atoms with Crippen LogP contribution in [0.4, 0.5) is 5.69 Å². The van der Waals surface area contributed by atoms with Crippen molar-refractivity contribution in [2.24, 2.45) is 5.10 Å². The first-order valence-corrected chi connectivity index (χ1v) is 9.68. The zero-order valence-corrected chi connectivity index (χ0v) is 18.0. The molecule has 1 amide bonds. The molecule has 9 nitrogen and oxygen atoms in total. The maximum Gasteiger partial charge on any atom is 0.296 e. The van der Waals surface area contributed by atoms with Crippen LogP contribution in [-0.2, 0) is 4.79 Å². The van der Waals surface area contributed by atoms with Crippen LogP contribution < -0.4 is 20.3 Å². The fourth-order valence-corrected chi connectivity index (χ4v) is 2.74. The van der Waals surface area contributed by atoms with E-state index in [-0.39, 0.29) is 23.0 Å². The topological polar surface area (TPSA) is 111 Å². The number of aromatic nitrogens is 3. The van der Waals surface area contributed by atoms with Gasteiger partial charge in [-0.1, -0.05) is 17.7 Å². The standard InChI is InChI=1S/C21H21N5O4S/c1-13-4-7-16(8-5-13)23-19(27)12-30-17-9-6-15(10-18(17)29-3)11-22-26-20(28)14(2)24-25-21(26)31/h4-11H,12H2,1-3H3,(H,23,27)(H,25,31)/b22-11+. The average molecular weight is 439 g/mol. The Labute approximate surface area is 183 Å². The Morgan fingerprint density at radius 1 is 1.23 bits per heavy atom. The van der Waals surface area contributed by atoms with Gasteiger partial charge in [0.25, 0.3) is 11.5 Å². The fourth-order valence-electron chi connectivity index (χ4n) is 2.56. The third-order valence-electron chi connectivity index (χ3n) is 4.22. The Morgan fingerprint density at radius 2 is 1.97 bits per heavy atom. The predicted molar refractivity (Wildman–Crippen MR) is 120 cm³/mol. The highest BCUT2D eigenvalue weighted by Crippen LogP contribution is 2.27. The number of nitrogens with one attached hydrogen (secondary N) is 2. The SMILES string of the molecule is COc1cc(/C=N/n2c(=S)[nH]nc(C)c2=O)ccc1OCC(=O)Nc1ccc(C)cc1. The van der Waals surface area contributed by atoms with E-state index in [0.717, 1.165) is 10.2 Å². The van der Waals surface area contributed by atoms with Gasteiger partial charge < -0.3 is 14.8 Å². The molecule has 0 aliphatic carbocycles. The molecule has 3 aromatic rings. The molecule has 0 saturated heterocycles. The van der Waals surface area contributed by atoms with Gasteiger partial charge in [0, 0.05) is 5.69 Å². The quantitative estimate of drug-likeness (QED) is 0.433. The molecule has 0 atom stereocenters. The van der Waals surface area contributed by atoms with Crippen LogP contribution in [-0.4, -0.2) is 40.7 Å². The van der Waals surface area contributed by atoms with Crippen molar-refractivity contribution >= 4 is 30.0 Å². The van der Waals surface area contributed by atoms with Crippen LogP contribution in [0.15, 0.2) is 52.4 Å². The van der Waals surface area contributed by atoms with Gasteiger partial charge in [-0.3, -0.25) is 14.7 Å². The number of hydrogen-bond donors (Lipinski definition) is 2. The first kappa shape index (κ1) is 21.9. The van der Waals surface area contributed by atoms with Gasteiger partial charge in [0.15, 0.2) is 18.1 Å². The normalized spacial score (nSPS) is 10.8. The number of hydrogen-bond acceptors (Lipinski definition) is 7. The Morgan fingerprint density at radius 3 is 2.68 bits per heavy atom. The molecular weight excluding hydrogens is 418 g/mol. The van der Waals surface area contributed by atoms with E-state index >= 15 is 0 Å². The second kappa shape index (κ2) is 9.81. The minimum absolute atomic E-state index is 0.0818. The molecule has 3 rings (SSSR count). The van der Waals surface area contributed by atoms with Crippen LogP contribution in [0.1, 0.15) is 16.8 Å². The van der Waals surface area contributed by atoms with Crippen molar-refractivity contribution in [2.75, 3.05) is 19.0 Å². The maximum atomic E-state index is 12.1. The molecule has 160 valence electrons. The van der Waals surface area contributed by atoms with Crippen molar-refractivity contribution in [1.82, 2.24) is 14.9 Å². The molecule has 0 unspecified atom stereocenters. The number of carbonyl (C=O) groups excluding carboxylic acids is 1. The summed E-state index contributed by atoms with van der Waals surface area (Å²) in [5.74, 6) is 0.515. The van der Waals surface area contributed by atoms with Crippen molar-refractivity contribution in [2.45, 2.75) is 13.8 Å². The van der Waals surface area contributed by atoms with Gasteiger partial charge in [0.05, 0.1) is 13.3 Å². The lowest BCUT2D eigenvalue weighted by Gasteiger charge is -2.11. The van der Waals surface area contributed by atoms with Crippen LogP contribution in [0.25, 0.3) is 0 Å². The molecule has 0 fully saturated rings. The number of aryl methyl sites for hydroxylation is 2. The lowest BCUT2D eigenvalue weighted by molar-refractivity contribution is -0.118. The molecule has 31 heavy (non-hydrogen) atoms. The summed E-state index contributed by atoms with van der Waals surface area (Å²) in [6.07, 6.45) is 1.46. The lowest BCUT2D eigenvalue weighted by atomic mass is 10.2. The monoisotopic (exact) mass is 439 g/mol. The molecule has 2 N–H and O–H groups in total. The van der Waals surface area contributed by atoms with Crippen LogP contribution in [0, 0.1) is 18.6 Å². The number of nitrogens with zero attached hydrogens (tertiary/aromatic N) is 3. The van der Waals surface area contributed by atoms with E-state index in [1.807, 2.05) is 31.2 Å². The fraction of sp³-hybridized carbons (Fsp3) is 0.190. The largest absolute Gasteiger partial charge is 0.493 e. The van der Waals surface area contributed by atoms with Gasteiger partial charge in [-0.05, 0) is 62.0 Å². The number of anilines is 1. The smallest absolute Gasteiger partial charge is 0.296 e. The third kappa shape index (κ3) is 5.64. The van der Waals surface area contributed by atoms with E-state index in [4.69, 9.17) is 21.7 Å². The third-order valence-corrected chi connectivity index (χ3v) is 4.48. The summed E-state index contributed by atoms with van der Waals surface area (Å²) >= 11 is 5.04. The maximum absolute atomic E-state index is 12.1. The van der Waals surface area contributed by atoms with E-state index in [9.17, 15) is 9.59 Å². The van der Waals surface area contributed by atoms with E-state index in [0.29, 0.717) is 22.7 Å². The molecule has 0 aliphatic rings. The molecule has 0 spiro atoms. The Balaban J connectivity index is 1.69. The highest BCUT2D eigenvalue weighted by Gasteiger charge is 2.09. The Bertz CT molecular complexity index is 1230. The van der Waals surface area contributed by atoms with E-state index < -0.39 is 5.56 Å². The Hall–Kier alpha value is -3.79. The van der Waals surface area contributed by atoms with Crippen molar-refractivity contribution in [3.05, 3.63) is 74.4 Å².